The number of benzene rings is 1. The summed E-state index contributed by atoms with van der Waals surface area (Å²) in [7, 11) is 0. The topological polar surface area (TPSA) is 35.2 Å². The van der Waals surface area contributed by atoms with Crippen LogP contribution in [0.2, 0.25) is 0 Å². The minimum atomic E-state index is 0.102. The summed E-state index contributed by atoms with van der Waals surface area (Å²) in [4.78, 5) is 0. The Morgan fingerprint density at radius 3 is 2.53 bits per heavy atom. The lowest BCUT2D eigenvalue weighted by Gasteiger charge is -2.17. The van der Waals surface area contributed by atoms with Crippen molar-refractivity contribution in [3.05, 3.63) is 29.3 Å². The van der Waals surface area contributed by atoms with E-state index in [-0.39, 0.29) is 6.04 Å². The zero-order valence-corrected chi connectivity index (χ0v) is 10.1. The molecule has 0 saturated heterocycles. The predicted octanol–water partition coefficient (Wildman–Crippen LogP) is 2.67. The van der Waals surface area contributed by atoms with Gasteiger partial charge in [-0.15, -0.1) is 0 Å². The number of hydrogen-bond acceptors (Lipinski definition) is 2. The van der Waals surface area contributed by atoms with Crippen LogP contribution in [0.1, 0.15) is 25.0 Å². The van der Waals surface area contributed by atoms with Crippen LogP contribution in [0.25, 0.3) is 0 Å². The van der Waals surface area contributed by atoms with Gasteiger partial charge < -0.3 is 10.5 Å². The van der Waals surface area contributed by atoms with Crippen molar-refractivity contribution in [2.75, 3.05) is 6.61 Å². The van der Waals surface area contributed by atoms with Crippen molar-refractivity contribution in [1.29, 1.82) is 0 Å². The van der Waals surface area contributed by atoms with Gasteiger partial charge >= 0.3 is 0 Å². The molecule has 0 fully saturated rings. The van der Waals surface area contributed by atoms with Crippen molar-refractivity contribution in [3.8, 4) is 5.75 Å². The summed E-state index contributed by atoms with van der Waals surface area (Å²) in [6.45, 7) is 8.92. The Morgan fingerprint density at radius 2 is 1.93 bits per heavy atom. The molecule has 0 aliphatic heterocycles. The summed E-state index contributed by atoms with van der Waals surface area (Å²) >= 11 is 0. The van der Waals surface area contributed by atoms with Gasteiger partial charge in [-0.2, -0.15) is 0 Å². The van der Waals surface area contributed by atoms with Crippen LogP contribution in [-0.4, -0.2) is 12.6 Å². The number of hydrogen-bond donors (Lipinski definition) is 1. The molecule has 2 N–H and O–H groups in total. The first kappa shape index (κ1) is 12.1. The van der Waals surface area contributed by atoms with Crippen LogP contribution in [-0.2, 0) is 0 Å². The summed E-state index contributed by atoms with van der Waals surface area (Å²) in [6.07, 6.45) is 0. The molecule has 1 aromatic rings. The van der Waals surface area contributed by atoms with Gasteiger partial charge in [0, 0.05) is 6.04 Å². The maximum Gasteiger partial charge on any atom is 0.122 e. The molecule has 1 rings (SSSR count). The van der Waals surface area contributed by atoms with Crippen LogP contribution in [0.4, 0.5) is 0 Å². The zero-order chi connectivity index (χ0) is 11.4. The number of ether oxygens (including phenoxy) is 1. The van der Waals surface area contributed by atoms with E-state index in [4.69, 9.17) is 10.5 Å². The molecule has 0 unspecified atom stereocenters. The summed E-state index contributed by atoms with van der Waals surface area (Å²) < 4.78 is 5.72. The Balaban J connectivity index is 2.61. The maximum atomic E-state index is 5.93. The van der Waals surface area contributed by atoms with Gasteiger partial charge in [-0.3, -0.25) is 0 Å². The highest BCUT2D eigenvalue weighted by molar-refractivity contribution is 5.35. The molecular weight excluding hydrogens is 186 g/mol. The van der Waals surface area contributed by atoms with E-state index in [1.165, 1.54) is 5.56 Å². The maximum absolute atomic E-state index is 5.93. The Hall–Kier alpha value is -1.02. The lowest BCUT2D eigenvalue weighted by Crippen LogP contribution is -2.33. The molecule has 0 aromatic heterocycles. The van der Waals surface area contributed by atoms with Gasteiger partial charge in [0.2, 0.25) is 0 Å². The van der Waals surface area contributed by atoms with E-state index in [0.717, 1.165) is 11.3 Å². The molecule has 0 radical (unpaired) electrons. The third kappa shape index (κ3) is 3.56. The van der Waals surface area contributed by atoms with Crippen LogP contribution < -0.4 is 10.5 Å². The van der Waals surface area contributed by atoms with E-state index in [2.05, 4.69) is 45.9 Å². The van der Waals surface area contributed by atoms with Gasteiger partial charge in [0.15, 0.2) is 0 Å². The minimum Gasteiger partial charge on any atom is -0.492 e. The highest BCUT2D eigenvalue weighted by atomic mass is 16.5. The Bertz CT molecular complexity index is 320. The van der Waals surface area contributed by atoms with Crippen LogP contribution in [0, 0.1) is 19.8 Å². The van der Waals surface area contributed by atoms with E-state index in [9.17, 15) is 0 Å². The summed E-state index contributed by atoms with van der Waals surface area (Å²) in [5, 5.41) is 0. The standard InChI is InChI=1S/C13H21NO/c1-9(2)12(14)8-15-13-7-10(3)5-6-11(13)4/h5-7,9,12H,8,14H2,1-4H3/t12-/m0/s1. The molecule has 1 aromatic carbocycles. The molecular formula is C13H21NO. The summed E-state index contributed by atoms with van der Waals surface area (Å²) in [6, 6.07) is 6.32. The first-order chi connectivity index (χ1) is 7.00. The van der Waals surface area contributed by atoms with Crippen molar-refractivity contribution >= 4 is 0 Å². The highest BCUT2D eigenvalue weighted by Crippen LogP contribution is 2.19. The lowest BCUT2D eigenvalue weighted by molar-refractivity contribution is 0.258. The number of rotatable bonds is 4. The fourth-order valence-corrected chi connectivity index (χ4v) is 1.24. The Kier molecular flexibility index (Phi) is 4.15. The van der Waals surface area contributed by atoms with Gasteiger partial charge in [0.25, 0.3) is 0 Å². The monoisotopic (exact) mass is 207 g/mol. The Morgan fingerprint density at radius 1 is 1.27 bits per heavy atom. The molecule has 2 heteroatoms. The van der Waals surface area contributed by atoms with E-state index in [0.29, 0.717) is 12.5 Å². The van der Waals surface area contributed by atoms with Crippen molar-refractivity contribution in [1.82, 2.24) is 0 Å². The fraction of sp³-hybridized carbons (Fsp3) is 0.538. The smallest absolute Gasteiger partial charge is 0.122 e. The second-order valence-corrected chi connectivity index (χ2v) is 4.49. The predicted molar refractivity (Wildman–Crippen MR) is 64.2 cm³/mol. The van der Waals surface area contributed by atoms with E-state index < -0.39 is 0 Å². The SMILES string of the molecule is Cc1ccc(C)c(OC[C@H](N)C(C)C)c1. The molecule has 1 atom stereocenters. The molecule has 0 bridgehead atoms. The zero-order valence-electron chi connectivity index (χ0n) is 10.1. The normalized spacial score (nSPS) is 12.9. The van der Waals surface area contributed by atoms with Crippen LogP contribution in [0.3, 0.4) is 0 Å². The molecule has 0 amide bonds. The fourth-order valence-electron chi connectivity index (χ4n) is 1.24. The first-order valence-electron chi connectivity index (χ1n) is 5.46. The van der Waals surface area contributed by atoms with Gasteiger partial charge in [-0.05, 0) is 37.0 Å². The highest BCUT2D eigenvalue weighted by Gasteiger charge is 2.09. The molecule has 0 spiro atoms. The largest absolute Gasteiger partial charge is 0.492 e. The third-order valence-electron chi connectivity index (χ3n) is 2.63. The quantitative estimate of drug-likeness (QED) is 0.823. The van der Waals surface area contributed by atoms with Crippen molar-refractivity contribution in [2.24, 2.45) is 11.7 Å². The average molecular weight is 207 g/mol. The van der Waals surface area contributed by atoms with E-state index in [1.54, 1.807) is 0 Å². The van der Waals surface area contributed by atoms with Crippen LogP contribution in [0.15, 0.2) is 18.2 Å². The number of nitrogens with two attached hydrogens (primary N) is 1. The summed E-state index contributed by atoms with van der Waals surface area (Å²) in [5.41, 5.74) is 8.31. The summed E-state index contributed by atoms with van der Waals surface area (Å²) in [5.74, 6) is 1.40. The second kappa shape index (κ2) is 5.17. The van der Waals surface area contributed by atoms with Crippen molar-refractivity contribution < 1.29 is 4.74 Å². The molecule has 15 heavy (non-hydrogen) atoms. The Labute approximate surface area is 92.4 Å². The molecule has 0 heterocycles. The molecule has 2 nitrogen and oxygen atoms in total. The van der Waals surface area contributed by atoms with Crippen molar-refractivity contribution in [3.63, 3.8) is 0 Å². The molecule has 0 aliphatic carbocycles. The first-order valence-corrected chi connectivity index (χ1v) is 5.46. The molecule has 84 valence electrons. The van der Waals surface area contributed by atoms with Crippen LogP contribution in [0.5, 0.6) is 5.75 Å². The van der Waals surface area contributed by atoms with Crippen molar-refractivity contribution in [2.45, 2.75) is 33.7 Å². The molecule has 0 saturated carbocycles. The average Bonchev–Trinajstić information content (AvgIpc) is 2.18. The van der Waals surface area contributed by atoms with E-state index in [1.807, 2.05) is 0 Å². The lowest BCUT2D eigenvalue weighted by atomic mass is 10.1. The third-order valence-corrected chi connectivity index (χ3v) is 2.63. The van der Waals surface area contributed by atoms with E-state index >= 15 is 0 Å². The van der Waals surface area contributed by atoms with Gasteiger partial charge in [0.05, 0.1) is 0 Å². The second-order valence-electron chi connectivity index (χ2n) is 4.49. The molecule has 0 aliphatic rings. The van der Waals surface area contributed by atoms with Gasteiger partial charge in [0.1, 0.15) is 12.4 Å². The van der Waals surface area contributed by atoms with Crippen LogP contribution >= 0.6 is 0 Å². The minimum absolute atomic E-state index is 0.102. The van der Waals surface area contributed by atoms with Gasteiger partial charge in [-0.25, -0.2) is 0 Å². The van der Waals surface area contributed by atoms with Gasteiger partial charge in [-0.1, -0.05) is 26.0 Å². The number of aryl methyl sites for hydroxylation is 2.